The van der Waals surface area contributed by atoms with Gasteiger partial charge in [0.2, 0.25) is 0 Å². The number of nitrogens with zero attached hydrogens (tertiary/aromatic N) is 5. The molecule has 2 aliphatic heterocycles. The van der Waals surface area contributed by atoms with E-state index in [1.54, 1.807) is 0 Å². The van der Waals surface area contributed by atoms with E-state index < -0.39 is 0 Å². The average Bonchev–Trinajstić information content (AvgIpc) is 3.66. The molecule has 1 saturated heterocycles. The van der Waals surface area contributed by atoms with Crippen LogP contribution in [0.15, 0.2) is 67.0 Å². The molecule has 7 heteroatoms. The summed E-state index contributed by atoms with van der Waals surface area (Å²) in [4.78, 5) is 11.9. The van der Waals surface area contributed by atoms with Crippen molar-refractivity contribution < 1.29 is 0 Å². The van der Waals surface area contributed by atoms with Crippen LogP contribution in [0.3, 0.4) is 0 Å². The number of hydrogen-bond donors (Lipinski definition) is 2. The van der Waals surface area contributed by atoms with Crippen molar-refractivity contribution >= 4 is 11.5 Å². The normalized spacial score (nSPS) is 17.1. The van der Waals surface area contributed by atoms with E-state index in [1.165, 1.54) is 16.8 Å². The van der Waals surface area contributed by atoms with Crippen molar-refractivity contribution in [3.63, 3.8) is 0 Å². The molecule has 2 N–H and O–H groups in total. The number of fused-ring (bicyclic) bond motifs is 1. The first-order valence-corrected chi connectivity index (χ1v) is 12.5. The van der Waals surface area contributed by atoms with E-state index in [9.17, 15) is 0 Å². The summed E-state index contributed by atoms with van der Waals surface area (Å²) in [6.45, 7) is 8.02. The Hall–Kier alpha value is -3.71. The predicted octanol–water partition coefficient (Wildman–Crippen LogP) is 4.92. The highest BCUT2D eigenvalue weighted by molar-refractivity contribution is 5.73. The van der Waals surface area contributed by atoms with Gasteiger partial charge in [-0.05, 0) is 48.2 Å². The van der Waals surface area contributed by atoms with Crippen molar-refractivity contribution in [1.82, 2.24) is 25.1 Å². The van der Waals surface area contributed by atoms with Crippen LogP contribution >= 0.6 is 0 Å². The molecule has 1 fully saturated rings. The molecular weight excluding hydrogens is 434 g/mol. The van der Waals surface area contributed by atoms with Gasteiger partial charge in [0.25, 0.3) is 0 Å². The Bertz CT molecular complexity index is 1320. The number of hydrogen-bond acceptors (Lipinski definition) is 6. The number of aromatic nitrogens is 4. The molecule has 2 aliphatic rings. The Labute approximate surface area is 206 Å². The highest BCUT2D eigenvalue weighted by Gasteiger charge is 2.23. The Morgan fingerprint density at radius 3 is 2.71 bits per heavy atom. The van der Waals surface area contributed by atoms with Gasteiger partial charge in [-0.15, -0.1) is 0 Å². The molecule has 1 atom stereocenters. The zero-order valence-corrected chi connectivity index (χ0v) is 20.3. The predicted molar refractivity (Wildman–Crippen MR) is 140 cm³/mol. The van der Waals surface area contributed by atoms with Crippen LogP contribution in [0.4, 0.5) is 11.5 Å². The third kappa shape index (κ3) is 4.28. The number of nitrogens with one attached hydrogen (secondary N) is 2. The third-order valence-corrected chi connectivity index (χ3v) is 7.01. The molecule has 2 aromatic carbocycles. The summed E-state index contributed by atoms with van der Waals surface area (Å²) < 4.78 is 1.98. The lowest BCUT2D eigenvalue weighted by Gasteiger charge is -2.18. The van der Waals surface area contributed by atoms with Crippen molar-refractivity contribution in [3.8, 4) is 17.1 Å². The summed E-state index contributed by atoms with van der Waals surface area (Å²) in [6, 6.07) is 19.2. The molecule has 35 heavy (non-hydrogen) atoms. The van der Waals surface area contributed by atoms with Crippen molar-refractivity contribution in [2.24, 2.45) is 0 Å². The molecule has 4 heterocycles. The van der Waals surface area contributed by atoms with Crippen molar-refractivity contribution in [2.45, 2.75) is 38.6 Å². The van der Waals surface area contributed by atoms with E-state index in [-0.39, 0.29) is 0 Å². The maximum absolute atomic E-state index is 4.98. The minimum absolute atomic E-state index is 0.413. The van der Waals surface area contributed by atoms with E-state index in [1.807, 2.05) is 10.9 Å². The summed E-state index contributed by atoms with van der Waals surface area (Å²) in [5, 5.41) is 11.7. The molecular formula is C28H31N7. The second-order valence-corrected chi connectivity index (χ2v) is 9.75. The molecule has 178 valence electrons. The second-order valence-electron chi connectivity index (χ2n) is 9.75. The zero-order valence-electron chi connectivity index (χ0n) is 20.3. The quantitative estimate of drug-likeness (QED) is 0.421. The average molecular weight is 466 g/mol. The van der Waals surface area contributed by atoms with Crippen LogP contribution in [-0.4, -0.2) is 39.5 Å². The minimum atomic E-state index is 0.413. The van der Waals surface area contributed by atoms with Gasteiger partial charge < -0.3 is 15.5 Å². The Balaban J connectivity index is 1.20. The van der Waals surface area contributed by atoms with E-state index in [4.69, 9.17) is 10.1 Å². The van der Waals surface area contributed by atoms with E-state index in [2.05, 4.69) is 95.2 Å². The topological polar surface area (TPSA) is 70.9 Å². The summed E-state index contributed by atoms with van der Waals surface area (Å²) in [6.07, 6.45) is 5.14. The Morgan fingerprint density at radius 1 is 1.06 bits per heavy atom. The molecule has 2 aromatic heterocycles. The molecule has 6 rings (SSSR count). The number of anilines is 2. The van der Waals surface area contributed by atoms with Gasteiger partial charge in [0.1, 0.15) is 0 Å². The monoisotopic (exact) mass is 465 g/mol. The molecule has 7 nitrogen and oxygen atoms in total. The molecule has 1 unspecified atom stereocenters. The van der Waals surface area contributed by atoms with Gasteiger partial charge in [0.15, 0.2) is 11.6 Å². The van der Waals surface area contributed by atoms with Crippen LogP contribution < -0.4 is 15.5 Å². The fraction of sp³-hybridized carbons (Fsp3) is 0.321. The number of rotatable bonds is 6. The van der Waals surface area contributed by atoms with Crippen molar-refractivity contribution in [1.29, 1.82) is 0 Å². The van der Waals surface area contributed by atoms with E-state index >= 15 is 0 Å². The first kappa shape index (κ1) is 21.8. The van der Waals surface area contributed by atoms with Crippen LogP contribution in [0.2, 0.25) is 0 Å². The largest absolute Gasteiger partial charge is 0.363 e. The molecule has 0 radical (unpaired) electrons. The molecule has 0 spiro atoms. The Kier molecular flexibility index (Phi) is 5.70. The molecule has 0 amide bonds. The lowest BCUT2D eigenvalue weighted by atomic mass is 9.97. The molecule has 0 aliphatic carbocycles. The molecule has 0 bridgehead atoms. The van der Waals surface area contributed by atoms with Gasteiger partial charge >= 0.3 is 0 Å². The van der Waals surface area contributed by atoms with Gasteiger partial charge in [-0.1, -0.05) is 50.2 Å². The maximum atomic E-state index is 4.98. The minimum Gasteiger partial charge on any atom is -0.363 e. The van der Waals surface area contributed by atoms with Crippen molar-refractivity contribution in [2.75, 3.05) is 30.0 Å². The van der Waals surface area contributed by atoms with Gasteiger partial charge in [-0.25, -0.2) is 14.6 Å². The number of benzene rings is 2. The molecule has 4 aromatic rings. The fourth-order valence-corrected chi connectivity index (χ4v) is 5.04. The standard InChI is InChI=1S/C28H31N7/c1-19(2)23-5-3-4-6-24(23)27-30-16-26-28(32-27)34(18-31-26)17-20-7-9-22(10-8-20)35-14-12-25(33-35)21-11-13-29-15-21/h3-10,12,14,16,19,21,29,31H,11,13,15,17-18H2,1-2H3. The summed E-state index contributed by atoms with van der Waals surface area (Å²) in [5.41, 5.74) is 6.85. The SMILES string of the molecule is CC(C)c1ccccc1-c1ncc2c(n1)N(Cc1ccc(-n3ccc(C4CCNC4)n3)cc1)CN2. The van der Waals surface area contributed by atoms with Gasteiger partial charge in [-0.3, -0.25) is 0 Å². The van der Waals surface area contributed by atoms with Gasteiger partial charge in [-0.2, -0.15) is 5.10 Å². The van der Waals surface area contributed by atoms with Crippen LogP contribution in [0.25, 0.3) is 17.1 Å². The summed E-state index contributed by atoms with van der Waals surface area (Å²) in [5.74, 6) is 2.68. The highest BCUT2D eigenvalue weighted by atomic mass is 15.3. The smallest absolute Gasteiger partial charge is 0.161 e. The highest BCUT2D eigenvalue weighted by Crippen LogP contribution is 2.34. The van der Waals surface area contributed by atoms with Crippen molar-refractivity contribution in [3.05, 3.63) is 83.8 Å². The summed E-state index contributed by atoms with van der Waals surface area (Å²) >= 11 is 0. The first-order valence-electron chi connectivity index (χ1n) is 12.5. The summed E-state index contributed by atoms with van der Waals surface area (Å²) in [7, 11) is 0. The maximum Gasteiger partial charge on any atom is 0.161 e. The third-order valence-electron chi connectivity index (χ3n) is 7.01. The Morgan fingerprint density at radius 2 is 1.91 bits per heavy atom. The fourth-order valence-electron chi connectivity index (χ4n) is 5.04. The van der Waals surface area contributed by atoms with Crippen LogP contribution in [-0.2, 0) is 6.54 Å². The van der Waals surface area contributed by atoms with Crippen LogP contribution in [0, 0.1) is 0 Å². The molecule has 0 saturated carbocycles. The van der Waals surface area contributed by atoms with Crippen LogP contribution in [0.5, 0.6) is 0 Å². The first-order chi connectivity index (χ1) is 17.2. The lowest BCUT2D eigenvalue weighted by molar-refractivity contribution is 0.709. The second kappa shape index (κ2) is 9.15. The lowest BCUT2D eigenvalue weighted by Crippen LogP contribution is -2.22. The van der Waals surface area contributed by atoms with Gasteiger partial charge in [0.05, 0.1) is 29.9 Å². The van der Waals surface area contributed by atoms with E-state index in [0.717, 1.165) is 61.3 Å². The van der Waals surface area contributed by atoms with Crippen LogP contribution in [0.1, 0.15) is 48.9 Å². The van der Waals surface area contributed by atoms with Gasteiger partial charge in [0, 0.05) is 30.8 Å². The van der Waals surface area contributed by atoms with E-state index in [0.29, 0.717) is 11.8 Å². The zero-order chi connectivity index (χ0) is 23.8.